The standard InChI is InChI=1S/C23H28N2O3/c1-23(2,3)28-22(27)25-16-10-15-19(25)21(26)24-20(17-11-6-4-7-12-17)18-13-8-5-9-14-18/h4-9,11-14,19-20H,10,15-16H2,1-3H3,(H,24,26)/t19-/m0/s1. The molecule has 0 bridgehead atoms. The molecule has 5 nitrogen and oxygen atoms in total. The molecule has 0 unspecified atom stereocenters. The molecule has 1 heterocycles. The average Bonchev–Trinajstić information content (AvgIpc) is 3.16. The maximum Gasteiger partial charge on any atom is 0.410 e. The molecule has 0 spiro atoms. The van der Waals surface area contributed by atoms with Crippen molar-refractivity contribution >= 4 is 12.0 Å². The van der Waals surface area contributed by atoms with Crippen molar-refractivity contribution in [3.63, 3.8) is 0 Å². The summed E-state index contributed by atoms with van der Waals surface area (Å²) >= 11 is 0. The number of carbonyl (C=O) groups excluding carboxylic acids is 2. The molecule has 5 heteroatoms. The fourth-order valence-corrected chi connectivity index (χ4v) is 3.47. The van der Waals surface area contributed by atoms with Gasteiger partial charge in [0, 0.05) is 6.54 Å². The molecule has 2 aromatic carbocycles. The van der Waals surface area contributed by atoms with Crippen LogP contribution in [0.3, 0.4) is 0 Å². The zero-order valence-corrected chi connectivity index (χ0v) is 16.7. The van der Waals surface area contributed by atoms with Gasteiger partial charge in [0.2, 0.25) is 5.91 Å². The van der Waals surface area contributed by atoms with Crippen LogP contribution in [0.2, 0.25) is 0 Å². The molecule has 1 saturated heterocycles. The van der Waals surface area contributed by atoms with Gasteiger partial charge in [-0.3, -0.25) is 9.69 Å². The van der Waals surface area contributed by atoms with Crippen LogP contribution in [-0.4, -0.2) is 35.1 Å². The zero-order valence-electron chi connectivity index (χ0n) is 16.7. The molecule has 1 N–H and O–H groups in total. The lowest BCUT2D eigenvalue weighted by molar-refractivity contribution is -0.126. The van der Waals surface area contributed by atoms with E-state index < -0.39 is 17.7 Å². The van der Waals surface area contributed by atoms with Crippen LogP contribution in [0.25, 0.3) is 0 Å². The Hall–Kier alpha value is -2.82. The molecule has 0 saturated carbocycles. The molecule has 28 heavy (non-hydrogen) atoms. The minimum Gasteiger partial charge on any atom is -0.444 e. The lowest BCUT2D eigenvalue weighted by Gasteiger charge is -2.29. The van der Waals surface area contributed by atoms with Crippen LogP contribution in [0.1, 0.15) is 50.8 Å². The number of likely N-dealkylation sites (tertiary alicyclic amines) is 1. The number of ether oxygens (including phenoxy) is 1. The number of hydrogen-bond donors (Lipinski definition) is 1. The van der Waals surface area contributed by atoms with Gasteiger partial charge in [-0.1, -0.05) is 60.7 Å². The van der Waals surface area contributed by atoms with Gasteiger partial charge in [0.05, 0.1) is 6.04 Å². The lowest BCUT2D eigenvalue weighted by atomic mass is 9.98. The predicted molar refractivity (Wildman–Crippen MR) is 109 cm³/mol. The largest absolute Gasteiger partial charge is 0.444 e. The summed E-state index contributed by atoms with van der Waals surface area (Å²) in [6.45, 7) is 6.03. The van der Waals surface area contributed by atoms with E-state index in [2.05, 4.69) is 5.32 Å². The average molecular weight is 380 g/mol. The van der Waals surface area contributed by atoms with Gasteiger partial charge in [0.15, 0.2) is 0 Å². The molecule has 1 atom stereocenters. The SMILES string of the molecule is CC(C)(C)OC(=O)N1CCC[C@H]1C(=O)NC(c1ccccc1)c1ccccc1. The van der Waals surface area contributed by atoms with E-state index in [4.69, 9.17) is 4.74 Å². The normalized spacial score (nSPS) is 16.9. The van der Waals surface area contributed by atoms with Crippen LogP contribution >= 0.6 is 0 Å². The minimum absolute atomic E-state index is 0.152. The number of rotatable bonds is 4. The van der Waals surface area contributed by atoms with Crippen LogP contribution in [-0.2, 0) is 9.53 Å². The molecule has 2 aromatic rings. The van der Waals surface area contributed by atoms with Gasteiger partial charge in [-0.15, -0.1) is 0 Å². The Morgan fingerprint density at radius 1 is 1.00 bits per heavy atom. The Labute approximate surface area is 166 Å². The summed E-state index contributed by atoms with van der Waals surface area (Å²) in [5.74, 6) is -0.152. The number of nitrogens with zero attached hydrogens (tertiary/aromatic N) is 1. The van der Waals surface area contributed by atoms with Gasteiger partial charge in [-0.25, -0.2) is 4.79 Å². The summed E-state index contributed by atoms with van der Waals surface area (Å²) in [7, 11) is 0. The van der Waals surface area contributed by atoms with Crippen molar-refractivity contribution in [1.29, 1.82) is 0 Å². The maximum absolute atomic E-state index is 13.1. The minimum atomic E-state index is -0.586. The van der Waals surface area contributed by atoms with E-state index in [1.54, 1.807) is 4.90 Å². The summed E-state index contributed by atoms with van der Waals surface area (Å²) in [5.41, 5.74) is 1.42. The number of amides is 2. The third kappa shape index (κ3) is 4.91. The van der Waals surface area contributed by atoms with E-state index in [1.807, 2.05) is 81.4 Å². The number of benzene rings is 2. The summed E-state index contributed by atoms with van der Waals surface area (Å²) in [4.78, 5) is 27.2. The van der Waals surface area contributed by atoms with E-state index in [0.29, 0.717) is 13.0 Å². The smallest absolute Gasteiger partial charge is 0.410 e. The summed E-state index contributed by atoms with van der Waals surface area (Å²) in [6, 6.07) is 19.0. The monoisotopic (exact) mass is 380 g/mol. The number of carbonyl (C=O) groups is 2. The van der Waals surface area contributed by atoms with Gasteiger partial charge >= 0.3 is 6.09 Å². The van der Waals surface area contributed by atoms with Gasteiger partial charge in [-0.2, -0.15) is 0 Å². The van der Waals surface area contributed by atoms with Crippen molar-refractivity contribution in [2.75, 3.05) is 6.54 Å². The molecule has 1 aliphatic heterocycles. The lowest BCUT2D eigenvalue weighted by Crippen LogP contribution is -2.48. The van der Waals surface area contributed by atoms with Crippen molar-refractivity contribution in [2.24, 2.45) is 0 Å². The van der Waals surface area contributed by atoms with Crippen LogP contribution in [0.4, 0.5) is 4.79 Å². The van der Waals surface area contributed by atoms with E-state index in [-0.39, 0.29) is 11.9 Å². The number of hydrogen-bond acceptors (Lipinski definition) is 3. The molecule has 1 fully saturated rings. The summed E-state index contributed by atoms with van der Waals surface area (Å²) in [6.07, 6.45) is 1.00. The Balaban J connectivity index is 1.79. The maximum atomic E-state index is 13.1. The van der Waals surface area contributed by atoms with E-state index in [9.17, 15) is 9.59 Å². The van der Waals surface area contributed by atoms with Crippen LogP contribution in [0.15, 0.2) is 60.7 Å². The molecule has 0 radical (unpaired) electrons. The fourth-order valence-electron chi connectivity index (χ4n) is 3.47. The van der Waals surface area contributed by atoms with Crippen molar-refractivity contribution in [3.8, 4) is 0 Å². The van der Waals surface area contributed by atoms with Crippen molar-refractivity contribution in [2.45, 2.75) is 51.3 Å². The molecule has 148 valence electrons. The molecular weight excluding hydrogens is 352 g/mol. The van der Waals surface area contributed by atoms with E-state index in [0.717, 1.165) is 17.5 Å². The molecule has 2 amide bonds. The molecule has 0 aromatic heterocycles. The second-order valence-electron chi connectivity index (χ2n) is 8.09. The third-order valence-electron chi connectivity index (χ3n) is 4.74. The highest BCUT2D eigenvalue weighted by atomic mass is 16.6. The highest BCUT2D eigenvalue weighted by molar-refractivity contribution is 5.86. The highest BCUT2D eigenvalue weighted by Crippen LogP contribution is 2.25. The van der Waals surface area contributed by atoms with Crippen LogP contribution in [0.5, 0.6) is 0 Å². The zero-order chi connectivity index (χ0) is 20.1. The van der Waals surface area contributed by atoms with E-state index >= 15 is 0 Å². The summed E-state index contributed by atoms with van der Waals surface area (Å²) in [5, 5.41) is 3.15. The quantitative estimate of drug-likeness (QED) is 0.861. The predicted octanol–water partition coefficient (Wildman–Crippen LogP) is 4.29. The molecular formula is C23H28N2O3. The first kappa shape index (κ1) is 19.9. The van der Waals surface area contributed by atoms with Crippen LogP contribution < -0.4 is 5.32 Å². The first-order valence-corrected chi connectivity index (χ1v) is 9.75. The van der Waals surface area contributed by atoms with Crippen molar-refractivity contribution < 1.29 is 14.3 Å². The van der Waals surface area contributed by atoms with Crippen molar-refractivity contribution in [1.82, 2.24) is 10.2 Å². The fraction of sp³-hybridized carbons (Fsp3) is 0.391. The Bertz CT molecular complexity index is 760. The van der Waals surface area contributed by atoms with E-state index in [1.165, 1.54) is 0 Å². The molecule has 3 rings (SSSR count). The van der Waals surface area contributed by atoms with Gasteiger partial charge in [0.25, 0.3) is 0 Å². The van der Waals surface area contributed by atoms with Gasteiger partial charge in [-0.05, 0) is 44.7 Å². The number of nitrogens with one attached hydrogen (secondary N) is 1. The molecule has 1 aliphatic rings. The van der Waals surface area contributed by atoms with Gasteiger partial charge in [0.1, 0.15) is 11.6 Å². The first-order chi connectivity index (χ1) is 13.3. The Morgan fingerprint density at radius 2 is 1.54 bits per heavy atom. The third-order valence-corrected chi connectivity index (χ3v) is 4.74. The topological polar surface area (TPSA) is 58.6 Å². The Kier molecular flexibility index (Phi) is 6.02. The van der Waals surface area contributed by atoms with Crippen LogP contribution in [0, 0.1) is 0 Å². The van der Waals surface area contributed by atoms with Gasteiger partial charge < -0.3 is 10.1 Å². The second-order valence-corrected chi connectivity index (χ2v) is 8.09. The highest BCUT2D eigenvalue weighted by Gasteiger charge is 2.37. The second kappa shape index (κ2) is 8.46. The summed E-state index contributed by atoms with van der Waals surface area (Å²) < 4.78 is 5.48. The molecule has 0 aliphatic carbocycles. The Morgan fingerprint density at radius 3 is 2.04 bits per heavy atom. The first-order valence-electron chi connectivity index (χ1n) is 9.75. The van der Waals surface area contributed by atoms with Crippen molar-refractivity contribution in [3.05, 3.63) is 71.8 Å².